The Morgan fingerprint density at radius 2 is 1.90 bits per heavy atom. The predicted molar refractivity (Wildman–Crippen MR) is 78.4 cm³/mol. The van der Waals surface area contributed by atoms with Crippen molar-refractivity contribution in [3.63, 3.8) is 0 Å². The van der Waals surface area contributed by atoms with Gasteiger partial charge in [0.25, 0.3) is 0 Å². The SMILES string of the molecule is COC(=O)C(C)(C)CNC(=O)C1C2CCC(C2)C1N.Cl. The van der Waals surface area contributed by atoms with E-state index in [0.717, 1.165) is 19.3 Å². The standard InChI is InChI=1S/C14H24N2O3.ClH/c1-14(2,13(18)19-3)7-16-12(17)10-8-4-5-9(6-8)11(10)15;/h8-11H,4-7,15H2,1-3H3,(H,16,17);1H. The summed E-state index contributed by atoms with van der Waals surface area (Å²) < 4.78 is 4.73. The van der Waals surface area contributed by atoms with E-state index in [1.54, 1.807) is 13.8 Å². The molecule has 2 saturated carbocycles. The fourth-order valence-corrected chi connectivity index (χ4v) is 3.50. The van der Waals surface area contributed by atoms with Crippen LogP contribution in [-0.4, -0.2) is 31.6 Å². The topological polar surface area (TPSA) is 81.4 Å². The van der Waals surface area contributed by atoms with Gasteiger partial charge in [-0.3, -0.25) is 9.59 Å². The molecule has 0 aromatic heterocycles. The van der Waals surface area contributed by atoms with Crippen LogP contribution in [0.15, 0.2) is 0 Å². The molecular weight excluding hydrogens is 280 g/mol. The Morgan fingerprint density at radius 1 is 1.30 bits per heavy atom. The first-order valence-electron chi connectivity index (χ1n) is 6.98. The summed E-state index contributed by atoms with van der Waals surface area (Å²) in [4.78, 5) is 23.8. The van der Waals surface area contributed by atoms with Gasteiger partial charge in [-0.05, 0) is 44.9 Å². The van der Waals surface area contributed by atoms with Crippen molar-refractivity contribution in [3.05, 3.63) is 0 Å². The van der Waals surface area contributed by atoms with Crippen LogP contribution in [0.4, 0.5) is 0 Å². The van der Waals surface area contributed by atoms with Crippen LogP contribution in [-0.2, 0) is 14.3 Å². The van der Waals surface area contributed by atoms with E-state index >= 15 is 0 Å². The minimum Gasteiger partial charge on any atom is -0.469 e. The lowest BCUT2D eigenvalue weighted by Crippen LogP contribution is -2.48. The number of amides is 1. The molecule has 116 valence electrons. The molecule has 0 spiro atoms. The lowest BCUT2D eigenvalue weighted by molar-refractivity contribution is -0.150. The molecule has 0 aromatic carbocycles. The van der Waals surface area contributed by atoms with Gasteiger partial charge in [-0.15, -0.1) is 12.4 Å². The Bertz CT molecular complexity index is 385. The quantitative estimate of drug-likeness (QED) is 0.762. The van der Waals surface area contributed by atoms with Gasteiger partial charge in [-0.25, -0.2) is 0 Å². The van der Waals surface area contributed by atoms with E-state index in [1.807, 2.05) is 0 Å². The van der Waals surface area contributed by atoms with Gasteiger partial charge in [0.15, 0.2) is 0 Å². The van der Waals surface area contributed by atoms with Crippen LogP contribution in [0, 0.1) is 23.2 Å². The summed E-state index contributed by atoms with van der Waals surface area (Å²) in [6, 6.07) is -0.0139. The number of esters is 1. The van der Waals surface area contributed by atoms with Crippen molar-refractivity contribution in [3.8, 4) is 0 Å². The first-order chi connectivity index (χ1) is 8.86. The fraction of sp³-hybridized carbons (Fsp3) is 0.857. The summed E-state index contributed by atoms with van der Waals surface area (Å²) in [5, 5.41) is 2.88. The molecule has 1 amide bonds. The van der Waals surface area contributed by atoms with Crippen molar-refractivity contribution in [2.45, 2.75) is 39.2 Å². The van der Waals surface area contributed by atoms with Crippen LogP contribution in [0.1, 0.15) is 33.1 Å². The molecule has 5 nitrogen and oxygen atoms in total. The van der Waals surface area contributed by atoms with Crippen molar-refractivity contribution in [1.29, 1.82) is 0 Å². The summed E-state index contributed by atoms with van der Waals surface area (Å²) in [5.74, 6) is 0.546. The Hall–Kier alpha value is -0.810. The number of nitrogens with two attached hydrogens (primary N) is 1. The molecule has 4 atom stereocenters. The molecule has 0 heterocycles. The number of ether oxygens (including phenoxy) is 1. The van der Waals surface area contributed by atoms with Gasteiger partial charge in [-0.2, -0.15) is 0 Å². The van der Waals surface area contributed by atoms with Crippen LogP contribution in [0.2, 0.25) is 0 Å². The molecule has 0 aromatic rings. The summed E-state index contributed by atoms with van der Waals surface area (Å²) in [6.07, 6.45) is 3.35. The van der Waals surface area contributed by atoms with E-state index in [9.17, 15) is 9.59 Å². The summed E-state index contributed by atoms with van der Waals surface area (Å²) in [7, 11) is 1.36. The van der Waals surface area contributed by atoms with Gasteiger partial charge in [0.2, 0.25) is 5.91 Å². The smallest absolute Gasteiger partial charge is 0.313 e. The number of halogens is 1. The van der Waals surface area contributed by atoms with E-state index in [1.165, 1.54) is 7.11 Å². The molecule has 0 aliphatic heterocycles. The molecule has 0 radical (unpaired) electrons. The second kappa shape index (κ2) is 6.31. The van der Waals surface area contributed by atoms with E-state index in [-0.39, 0.29) is 36.2 Å². The third kappa shape index (κ3) is 3.09. The minimum atomic E-state index is -0.702. The van der Waals surface area contributed by atoms with Gasteiger partial charge >= 0.3 is 5.97 Å². The third-order valence-electron chi connectivity index (χ3n) is 4.73. The number of carbonyl (C=O) groups excluding carboxylic acids is 2. The van der Waals surface area contributed by atoms with E-state index in [0.29, 0.717) is 18.4 Å². The largest absolute Gasteiger partial charge is 0.469 e. The van der Waals surface area contributed by atoms with Gasteiger partial charge in [-0.1, -0.05) is 0 Å². The second-order valence-corrected chi connectivity index (χ2v) is 6.53. The van der Waals surface area contributed by atoms with Gasteiger partial charge < -0.3 is 15.8 Å². The highest BCUT2D eigenvalue weighted by atomic mass is 35.5. The molecular formula is C14H25ClN2O3. The Kier molecular flexibility index (Phi) is 5.44. The molecule has 0 saturated heterocycles. The highest BCUT2D eigenvalue weighted by Crippen LogP contribution is 2.47. The van der Waals surface area contributed by atoms with Crippen molar-refractivity contribution in [2.24, 2.45) is 28.9 Å². The normalized spacial score (nSPS) is 31.6. The Balaban J connectivity index is 0.00000200. The molecule has 2 aliphatic rings. The van der Waals surface area contributed by atoms with Crippen LogP contribution >= 0.6 is 12.4 Å². The average Bonchev–Trinajstić information content (AvgIpc) is 2.95. The number of hydrogen-bond acceptors (Lipinski definition) is 4. The molecule has 2 fully saturated rings. The van der Waals surface area contributed by atoms with E-state index in [2.05, 4.69) is 5.32 Å². The van der Waals surface area contributed by atoms with Crippen molar-refractivity contribution >= 4 is 24.3 Å². The van der Waals surface area contributed by atoms with Crippen molar-refractivity contribution in [1.82, 2.24) is 5.32 Å². The number of methoxy groups -OCH3 is 1. The number of hydrogen-bond donors (Lipinski definition) is 2. The first-order valence-corrected chi connectivity index (χ1v) is 6.98. The van der Waals surface area contributed by atoms with Crippen LogP contribution in [0.25, 0.3) is 0 Å². The maximum absolute atomic E-state index is 12.3. The lowest BCUT2D eigenvalue weighted by atomic mass is 9.84. The highest BCUT2D eigenvalue weighted by Gasteiger charge is 2.49. The van der Waals surface area contributed by atoms with Crippen molar-refractivity contribution < 1.29 is 14.3 Å². The number of nitrogens with one attached hydrogen (secondary N) is 1. The average molecular weight is 305 g/mol. The molecule has 2 aliphatic carbocycles. The zero-order chi connectivity index (χ0) is 14.2. The van der Waals surface area contributed by atoms with Crippen LogP contribution < -0.4 is 11.1 Å². The zero-order valence-electron chi connectivity index (χ0n) is 12.3. The molecule has 2 rings (SSSR count). The van der Waals surface area contributed by atoms with Crippen LogP contribution in [0.5, 0.6) is 0 Å². The monoisotopic (exact) mass is 304 g/mol. The molecule has 6 heteroatoms. The first kappa shape index (κ1) is 17.2. The second-order valence-electron chi connectivity index (χ2n) is 6.53. The fourth-order valence-electron chi connectivity index (χ4n) is 3.50. The summed E-state index contributed by atoms with van der Waals surface area (Å²) in [6.45, 7) is 3.82. The minimum absolute atomic E-state index is 0. The van der Waals surface area contributed by atoms with E-state index < -0.39 is 5.41 Å². The number of carbonyl (C=O) groups is 2. The van der Waals surface area contributed by atoms with E-state index in [4.69, 9.17) is 10.5 Å². The van der Waals surface area contributed by atoms with Crippen LogP contribution in [0.3, 0.4) is 0 Å². The Labute approximate surface area is 126 Å². The summed E-state index contributed by atoms with van der Waals surface area (Å²) in [5.41, 5.74) is 5.44. The maximum Gasteiger partial charge on any atom is 0.313 e. The highest BCUT2D eigenvalue weighted by molar-refractivity contribution is 5.85. The summed E-state index contributed by atoms with van der Waals surface area (Å²) >= 11 is 0. The maximum atomic E-state index is 12.3. The lowest BCUT2D eigenvalue weighted by Gasteiger charge is -2.29. The number of fused-ring (bicyclic) bond motifs is 2. The van der Waals surface area contributed by atoms with Gasteiger partial charge in [0.05, 0.1) is 18.4 Å². The molecule has 3 N–H and O–H groups in total. The van der Waals surface area contributed by atoms with Crippen molar-refractivity contribution in [2.75, 3.05) is 13.7 Å². The molecule has 20 heavy (non-hydrogen) atoms. The molecule has 4 unspecified atom stereocenters. The zero-order valence-corrected chi connectivity index (χ0v) is 13.2. The van der Waals surface area contributed by atoms with Gasteiger partial charge in [0.1, 0.15) is 0 Å². The molecule has 2 bridgehead atoms. The number of rotatable bonds is 4. The Morgan fingerprint density at radius 3 is 2.40 bits per heavy atom. The predicted octanol–water partition coefficient (Wildman–Crippen LogP) is 1.10. The van der Waals surface area contributed by atoms with Gasteiger partial charge in [0, 0.05) is 12.6 Å². The third-order valence-corrected chi connectivity index (χ3v) is 4.73.